The molecule has 2 aromatic carbocycles. The monoisotopic (exact) mass is 409 g/mol. The molecule has 0 fully saturated rings. The van der Waals surface area contributed by atoms with E-state index in [0.717, 1.165) is 15.7 Å². The Kier molecular flexibility index (Phi) is 5.22. The van der Waals surface area contributed by atoms with Crippen molar-refractivity contribution in [3.8, 4) is 11.5 Å². The van der Waals surface area contributed by atoms with Gasteiger partial charge in [0.05, 0.1) is 12.8 Å². The molecule has 0 atom stereocenters. The van der Waals surface area contributed by atoms with Crippen LogP contribution in [0.4, 0.5) is 5.69 Å². The second-order valence-electron chi connectivity index (χ2n) is 4.88. The van der Waals surface area contributed by atoms with E-state index in [9.17, 15) is 4.79 Å². The third-order valence-electron chi connectivity index (χ3n) is 3.17. The van der Waals surface area contributed by atoms with Gasteiger partial charge in [-0.2, -0.15) is 5.10 Å². The number of anilines is 1. The van der Waals surface area contributed by atoms with E-state index in [2.05, 4.69) is 31.8 Å². The molecule has 6 nitrogen and oxygen atoms in total. The van der Waals surface area contributed by atoms with E-state index in [0.29, 0.717) is 16.5 Å². The van der Waals surface area contributed by atoms with Crippen molar-refractivity contribution in [3.63, 3.8) is 0 Å². The Balaban J connectivity index is 1.50. The SMILES string of the molecule is O=C(CNc1ccc(Cl)cc1Br)N/N=C/c1ccc2c(c1)OCO2. The highest BCUT2D eigenvalue weighted by atomic mass is 79.9. The summed E-state index contributed by atoms with van der Waals surface area (Å²) in [6, 6.07) is 10.7. The van der Waals surface area contributed by atoms with Crippen molar-refractivity contribution in [2.24, 2.45) is 5.10 Å². The topological polar surface area (TPSA) is 72.0 Å². The number of ether oxygens (including phenoxy) is 2. The highest BCUT2D eigenvalue weighted by Gasteiger charge is 2.12. The van der Waals surface area contributed by atoms with Crippen molar-refractivity contribution in [2.45, 2.75) is 0 Å². The van der Waals surface area contributed by atoms with Crippen molar-refractivity contribution in [1.82, 2.24) is 5.43 Å². The van der Waals surface area contributed by atoms with Gasteiger partial charge in [0, 0.05) is 15.2 Å². The molecule has 0 aromatic heterocycles. The molecule has 0 aliphatic carbocycles. The van der Waals surface area contributed by atoms with E-state index in [1.54, 1.807) is 30.3 Å². The molecule has 1 heterocycles. The molecule has 0 saturated heterocycles. The van der Waals surface area contributed by atoms with Crippen LogP contribution in [-0.4, -0.2) is 25.5 Å². The molecule has 0 radical (unpaired) electrons. The maximum atomic E-state index is 11.8. The number of carbonyl (C=O) groups excluding carboxylic acids is 1. The summed E-state index contributed by atoms with van der Waals surface area (Å²) in [5, 5.41) is 7.53. The van der Waals surface area contributed by atoms with Crippen LogP contribution in [0.5, 0.6) is 11.5 Å². The molecule has 0 unspecified atom stereocenters. The van der Waals surface area contributed by atoms with Crippen LogP contribution in [-0.2, 0) is 4.79 Å². The summed E-state index contributed by atoms with van der Waals surface area (Å²) in [5.41, 5.74) is 4.03. The number of hydrazone groups is 1. The predicted molar refractivity (Wildman–Crippen MR) is 95.9 cm³/mol. The predicted octanol–water partition coefficient (Wildman–Crippen LogP) is 3.39. The lowest BCUT2D eigenvalue weighted by molar-refractivity contribution is -0.119. The summed E-state index contributed by atoms with van der Waals surface area (Å²) < 4.78 is 11.3. The second kappa shape index (κ2) is 7.55. The lowest BCUT2D eigenvalue weighted by Gasteiger charge is -2.07. The van der Waals surface area contributed by atoms with Crippen molar-refractivity contribution in [3.05, 3.63) is 51.5 Å². The average molecular weight is 411 g/mol. The minimum atomic E-state index is -0.270. The Morgan fingerprint density at radius 3 is 2.92 bits per heavy atom. The van der Waals surface area contributed by atoms with Gasteiger partial charge < -0.3 is 14.8 Å². The molecule has 1 aliphatic heterocycles. The molecule has 1 amide bonds. The number of nitrogens with one attached hydrogen (secondary N) is 2. The van der Waals surface area contributed by atoms with Gasteiger partial charge in [0.15, 0.2) is 11.5 Å². The second-order valence-corrected chi connectivity index (χ2v) is 6.17. The van der Waals surface area contributed by atoms with Crippen LogP contribution in [0.1, 0.15) is 5.56 Å². The van der Waals surface area contributed by atoms with Gasteiger partial charge in [-0.15, -0.1) is 0 Å². The van der Waals surface area contributed by atoms with Gasteiger partial charge >= 0.3 is 0 Å². The number of hydrogen-bond acceptors (Lipinski definition) is 5. The third kappa shape index (κ3) is 4.18. The summed E-state index contributed by atoms with van der Waals surface area (Å²) in [4.78, 5) is 11.8. The van der Waals surface area contributed by atoms with Crippen molar-refractivity contribution >= 4 is 45.3 Å². The summed E-state index contributed by atoms with van der Waals surface area (Å²) in [5.74, 6) is 1.10. The first-order chi connectivity index (χ1) is 11.6. The first-order valence-electron chi connectivity index (χ1n) is 7.02. The van der Waals surface area contributed by atoms with Crippen molar-refractivity contribution in [1.29, 1.82) is 0 Å². The highest BCUT2D eigenvalue weighted by Crippen LogP contribution is 2.32. The Morgan fingerprint density at radius 2 is 2.08 bits per heavy atom. The highest BCUT2D eigenvalue weighted by molar-refractivity contribution is 9.10. The summed E-state index contributed by atoms with van der Waals surface area (Å²) in [7, 11) is 0. The minimum Gasteiger partial charge on any atom is -0.454 e. The molecule has 0 spiro atoms. The number of rotatable bonds is 5. The van der Waals surface area contributed by atoms with Crippen LogP contribution >= 0.6 is 27.5 Å². The standard InChI is InChI=1S/C16H13BrClN3O3/c17-12-6-11(18)2-3-13(12)19-8-16(22)21-20-7-10-1-4-14-15(5-10)24-9-23-14/h1-7,19H,8-9H2,(H,21,22)/b20-7+. The van der Waals surface area contributed by atoms with Gasteiger partial charge in [-0.25, -0.2) is 5.43 Å². The molecular formula is C16H13BrClN3O3. The zero-order valence-corrected chi connectivity index (χ0v) is 14.7. The largest absolute Gasteiger partial charge is 0.454 e. The number of benzene rings is 2. The zero-order valence-electron chi connectivity index (χ0n) is 12.4. The van der Waals surface area contributed by atoms with E-state index in [1.807, 2.05) is 6.07 Å². The minimum absolute atomic E-state index is 0.0821. The zero-order chi connectivity index (χ0) is 16.9. The van der Waals surface area contributed by atoms with Gasteiger partial charge in [-0.3, -0.25) is 4.79 Å². The van der Waals surface area contributed by atoms with Gasteiger partial charge in [0.25, 0.3) is 5.91 Å². The normalized spacial score (nSPS) is 12.4. The summed E-state index contributed by atoms with van der Waals surface area (Å²) >= 11 is 9.24. The first kappa shape index (κ1) is 16.6. The molecule has 0 bridgehead atoms. The van der Waals surface area contributed by atoms with Crippen molar-refractivity contribution in [2.75, 3.05) is 18.7 Å². The Bertz CT molecular complexity index is 798. The molecule has 8 heteroatoms. The van der Waals surface area contributed by atoms with E-state index in [4.69, 9.17) is 21.1 Å². The molecule has 3 rings (SSSR count). The fourth-order valence-electron chi connectivity index (χ4n) is 2.02. The van der Waals surface area contributed by atoms with Crippen LogP contribution in [0, 0.1) is 0 Å². The fraction of sp³-hybridized carbons (Fsp3) is 0.125. The van der Waals surface area contributed by atoms with E-state index < -0.39 is 0 Å². The van der Waals surface area contributed by atoms with Crippen LogP contribution in [0.2, 0.25) is 5.02 Å². The third-order valence-corrected chi connectivity index (χ3v) is 4.06. The molecule has 24 heavy (non-hydrogen) atoms. The van der Waals surface area contributed by atoms with Crippen LogP contribution < -0.4 is 20.2 Å². The Hall–Kier alpha value is -2.25. The number of amides is 1. The summed E-state index contributed by atoms with van der Waals surface area (Å²) in [6.07, 6.45) is 1.54. The van der Waals surface area contributed by atoms with Gasteiger partial charge in [0.1, 0.15) is 0 Å². The lowest BCUT2D eigenvalue weighted by atomic mass is 10.2. The van der Waals surface area contributed by atoms with Gasteiger partial charge in [-0.05, 0) is 57.9 Å². The summed E-state index contributed by atoms with van der Waals surface area (Å²) in [6.45, 7) is 0.303. The fourth-order valence-corrected chi connectivity index (χ4v) is 2.84. The smallest absolute Gasteiger partial charge is 0.259 e. The number of hydrogen-bond donors (Lipinski definition) is 2. The van der Waals surface area contributed by atoms with Gasteiger partial charge in [0.2, 0.25) is 6.79 Å². The number of nitrogens with zero attached hydrogens (tertiary/aromatic N) is 1. The lowest BCUT2D eigenvalue weighted by Crippen LogP contribution is -2.26. The van der Waals surface area contributed by atoms with E-state index in [1.165, 1.54) is 6.21 Å². The maximum Gasteiger partial charge on any atom is 0.259 e. The molecule has 2 N–H and O–H groups in total. The van der Waals surface area contributed by atoms with Crippen LogP contribution in [0.3, 0.4) is 0 Å². The quantitative estimate of drug-likeness (QED) is 0.585. The van der Waals surface area contributed by atoms with E-state index in [-0.39, 0.29) is 19.2 Å². The van der Waals surface area contributed by atoms with Crippen LogP contribution in [0.25, 0.3) is 0 Å². The molecule has 0 saturated carbocycles. The van der Waals surface area contributed by atoms with E-state index >= 15 is 0 Å². The van der Waals surface area contributed by atoms with Crippen LogP contribution in [0.15, 0.2) is 46.0 Å². The number of halogens is 2. The van der Waals surface area contributed by atoms with Gasteiger partial charge in [-0.1, -0.05) is 11.6 Å². The first-order valence-corrected chi connectivity index (χ1v) is 8.19. The molecule has 1 aliphatic rings. The van der Waals surface area contributed by atoms with Crippen molar-refractivity contribution < 1.29 is 14.3 Å². The Labute approximate surface area is 151 Å². The Morgan fingerprint density at radius 1 is 1.25 bits per heavy atom. The molecule has 2 aromatic rings. The number of carbonyl (C=O) groups is 1. The maximum absolute atomic E-state index is 11.8. The molecular weight excluding hydrogens is 398 g/mol. The number of fused-ring (bicyclic) bond motifs is 1. The molecule has 124 valence electrons. The average Bonchev–Trinajstić information content (AvgIpc) is 3.02.